The number of hydrogen-bond donors (Lipinski definition) is 1. The smallest absolute Gasteiger partial charge is 0.387 e. The summed E-state index contributed by atoms with van der Waals surface area (Å²) in [5.41, 5.74) is 0.465. The SMILES string of the molecule is CCNC(C(=O)OCC)c1ccc(OC)c(OC(F)F)c1. The van der Waals surface area contributed by atoms with Crippen molar-refractivity contribution in [1.82, 2.24) is 5.32 Å². The summed E-state index contributed by atoms with van der Waals surface area (Å²) >= 11 is 0. The van der Waals surface area contributed by atoms with Crippen molar-refractivity contribution in [2.45, 2.75) is 26.5 Å². The van der Waals surface area contributed by atoms with Crippen molar-refractivity contribution >= 4 is 5.97 Å². The highest BCUT2D eigenvalue weighted by Crippen LogP contribution is 2.31. The normalized spacial score (nSPS) is 12.1. The summed E-state index contributed by atoms with van der Waals surface area (Å²) in [6.45, 7) is 1.29. The first kappa shape index (κ1) is 17.2. The van der Waals surface area contributed by atoms with Gasteiger partial charge in [0.15, 0.2) is 11.5 Å². The molecule has 0 spiro atoms. The van der Waals surface area contributed by atoms with E-state index in [-0.39, 0.29) is 18.1 Å². The van der Waals surface area contributed by atoms with Gasteiger partial charge in [0.1, 0.15) is 6.04 Å². The molecule has 118 valence electrons. The van der Waals surface area contributed by atoms with Crippen molar-refractivity contribution < 1.29 is 27.8 Å². The van der Waals surface area contributed by atoms with Gasteiger partial charge in [0.25, 0.3) is 0 Å². The van der Waals surface area contributed by atoms with E-state index in [1.807, 2.05) is 6.92 Å². The van der Waals surface area contributed by atoms with Crippen LogP contribution in [0.3, 0.4) is 0 Å². The van der Waals surface area contributed by atoms with Crippen LogP contribution >= 0.6 is 0 Å². The molecular weight excluding hydrogens is 284 g/mol. The molecule has 0 radical (unpaired) electrons. The number of ether oxygens (including phenoxy) is 3. The number of halogens is 2. The second-order valence-corrected chi connectivity index (χ2v) is 4.03. The molecule has 1 rings (SSSR count). The second kappa shape index (κ2) is 8.41. The van der Waals surface area contributed by atoms with Crippen LogP contribution in [0.2, 0.25) is 0 Å². The summed E-state index contributed by atoms with van der Waals surface area (Å²) in [7, 11) is 1.35. The fraction of sp³-hybridized carbons (Fsp3) is 0.500. The lowest BCUT2D eigenvalue weighted by molar-refractivity contribution is -0.145. The number of esters is 1. The highest BCUT2D eigenvalue weighted by atomic mass is 19.3. The van der Waals surface area contributed by atoms with Crippen molar-refractivity contribution in [2.75, 3.05) is 20.3 Å². The quantitative estimate of drug-likeness (QED) is 0.748. The fourth-order valence-electron chi connectivity index (χ4n) is 1.83. The van der Waals surface area contributed by atoms with Crippen LogP contribution in [-0.4, -0.2) is 32.8 Å². The van der Waals surface area contributed by atoms with Gasteiger partial charge in [-0.3, -0.25) is 0 Å². The number of rotatable bonds is 8. The molecule has 0 aliphatic rings. The van der Waals surface area contributed by atoms with E-state index in [0.29, 0.717) is 12.1 Å². The van der Waals surface area contributed by atoms with Gasteiger partial charge in [-0.2, -0.15) is 8.78 Å². The van der Waals surface area contributed by atoms with Crippen LogP contribution in [0.1, 0.15) is 25.5 Å². The molecule has 0 bridgehead atoms. The highest BCUT2D eigenvalue weighted by Gasteiger charge is 2.23. The third-order valence-electron chi connectivity index (χ3n) is 2.67. The Morgan fingerprint density at radius 2 is 2.00 bits per heavy atom. The monoisotopic (exact) mass is 303 g/mol. The summed E-state index contributed by atoms with van der Waals surface area (Å²) in [4.78, 5) is 11.9. The molecule has 0 fully saturated rings. The first-order valence-electron chi connectivity index (χ1n) is 6.56. The van der Waals surface area contributed by atoms with E-state index in [0.717, 1.165) is 0 Å². The fourth-order valence-corrected chi connectivity index (χ4v) is 1.83. The van der Waals surface area contributed by atoms with Gasteiger partial charge in [-0.05, 0) is 31.2 Å². The van der Waals surface area contributed by atoms with E-state index >= 15 is 0 Å². The lowest BCUT2D eigenvalue weighted by Gasteiger charge is -2.18. The lowest BCUT2D eigenvalue weighted by Crippen LogP contribution is -2.30. The van der Waals surface area contributed by atoms with Gasteiger partial charge in [-0.15, -0.1) is 0 Å². The van der Waals surface area contributed by atoms with Gasteiger partial charge in [0, 0.05) is 0 Å². The molecule has 5 nitrogen and oxygen atoms in total. The third-order valence-corrected chi connectivity index (χ3v) is 2.67. The van der Waals surface area contributed by atoms with Crippen LogP contribution in [-0.2, 0) is 9.53 Å². The number of carbonyl (C=O) groups excluding carboxylic acids is 1. The van der Waals surface area contributed by atoms with Gasteiger partial charge in [0.05, 0.1) is 13.7 Å². The van der Waals surface area contributed by atoms with Crippen LogP contribution < -0.4 is 14.8 Å². The molecule has 1 unspecified atom stereocenters. The Morgan fingerprint density at radius 1 is 1.29 bits per heavy atom. The Hall–Kier alpha value is -1.89. The predicted octanol–water partition coefficient (Wildman–Crippen LogP) is 2.51. The number of carbonyl (C=O) groups is 1. The number of nitrogens with one attached hydrogen (secondary N) is 1. The molecule has 1 N–H and O–H groups in total. The van der Waals surface area contributed by atoms with Crippen molar-refractivity contribution in [3.63, 3.8) is 0 Å². The van der Waals surface area contributed by atoms with E-state index < -0.39 is 18.6 Å². The molecule has 0 aliphatic heterocycles. The number of benzene rings is 1. The Balaban J connectivity index is 3.10. The maximum atomic E-state index is 12.4. The van der Waals surface area contributed by atoms with Gasteiger partial charge >= 0.3 is 12.6 Å². The molecular formula is C14H19F2NO4. The summed E-state index contributed by atoms with van der Waals surface area (Å²) in [5, 5.41) is 2.94. The molecule has 1 aromatic carbocycles. The third kappa shape index (κ3) is 4.86. The molecule has 0 aliphatic carbocycles. The maximum absolute atomic E-state index is 12.4. The Kier molecular flexibility index (Phi) is 6.87. The molecule has 1 atom stereocenters. The molecule has 0 amide bonds. The first-order chi connectivity index (χ1) is 10.0. The summed E-state index contributed by atoms with van der Waals surface area (Å²) in [6, 6.07) is 3.66. The van der Waals surface area contributed by atoms with Crippen LogP contribution in [0, 0.1) is 0 Å². The van der Waals surface area contributed by atoms with Crippen molar-refractivity contribution in [3.8, 4) is 11.5 Å². The standard InChI is InChI=1S/C14H19F2NO4/c1-4-17-12(13(18)20-5-2)9-6-7-10(19-3)11(8-9)21-14(15)16/h6-8,12,14,17H,4-5H2,1-3H3. The topological polar surface area (TPSA) is 56.8 Å². The van der Waals surface area contributed by atoms with Gasteiger partial charge in [-0.1, -0.05) is 13.0 Å². The average molecular weight is 303 g/mol. The number of hydrogen-bond acceptors (Lipinski definition) is 5. The molecule has 0 saturated carbocycles. The molecule has 21 heavy (non-hydrogen) atoms. The summed E-state index contributed by atoms with van der Waals surface area (Å²) in [6.07, 6.45) is 0. The molecule has 0 heterocycles. The molecule has 0 saturated heterocycles. The zero-order valence-corrected chi connectivity index (χ0v) is 12.2. The summed E-state index contributed by atoms with van der Waals surface area (Å²) in [5.74, 6) is -0.442. The van der Waals surface area contributed by atoms with Gasteiger partial charge in [-0.25, -0.2) is 4.79 Å². The van der Waals surface area contributed by atoms with Crippen LogP contribution in [0.15, 0.2) is 18.2 Å². The van der Waals surface area contributed by atoms with Gasteiger partial charge < -0.3 is 19.5 Å². The Bertz CT molecular complexity index is 468. The minimum absolute atomic E-state index is 0.128. The van der Waals surface area contributed by atoms with Gasteiger partial charge in [0.2, 0.25) is 0 Å². The zero-order chi connectivity index (χ0) is 15.8. The average Bonchev–Trinajstić information content (AvgIpc) is 2.44. The number of likely N-dealkylation sites (N-methyl/N-ethyl adjacent to an activating group) is 1. The largest absolute Gasteiger partial charge is 0.493 e. The number of methoxy groups -OCH3 is 1. The van der Waals surface area contributed by atoms with Crippen molar-refractivity contribution in [3.05, 3.63) is 23.8 Å². The Morgan fingerprint density at radius 3 is 2.52 bits per heavy atom. The van der Waals surface area contributed by atoms with Crippen molar-refractivity contribution in [1.29, 1.82) is 0 Å². The van der Waals surface area contributed by atoms with E-state index in [1.54, 1.807) is 13.0 Å². The first-order valence-corrected chi connectivity index (χ1v) is 6.56. The summed E-state index contributed by atoms with van der Waals surface area (Å²) < 4.78 is 39.2. The minimum Gasteiger partial charge on any atom is -0.493 e. The van der Waals surface area contributed by atoms with Crippen molar-refractivity contribution in [2.24, 2.45) is 0 Å². The van der Waals surface area contributed by atoms with E-state index in [4.69, 9.17) is 9.47 Å². The minimum atomic E-state index is -2.98. The van der Waals surface area contributed by atoms with E-state index in [2.05, 4.69) is 10.1 Å². The zero-order valence-electron chi connectivity index (χ0n) is 12.2. The number of alkyl halides is 2. The Labute approximate surface area is 122 Å². The van der Waals surface area contributed by atoms with E-state index in [9.17, 15) is 13.6 Å². The highest BCUT2D eigenvalue weighted by molar-refractivity contribution is 5.78. The van der Waals surface area contributed by atoms with Crippen LogP contribution in [0.4, 0.5) is 8.78 Å². The molecule has 7 heteroatoms. The second-order valence-electron chi connectivity index (χ2n) is 4.03. The van der Waals surface area contributed by atoms with E-state index in [1.165, 1.54) is 19.2 Å². The van der Waals surface area contributed by atoms with Crippen LogP contribution in [0.5, 0.6) is 11.5 Å². The molecule has 0 aromatic heterocycles. The maximum Gasteiger partial charge on any atom is 0.387 e. The molecule has 1 aromatic rings. The lowest BCUT2D eigenvalue weighted by atomic mass is 10.1. The van der Waals surface area contributed by atoms with Crippen LogP contribution in [0.25, 0.3) is 0 Å². The predicted molar refractivity (Wildman–Crippen MR) is 72.7 cm³/mol.